The zero-order valence-electron chi connectivity index (χ0n) is 15.1. The lowest BCUT2D eigenvalue weighted by Gasteiger charge is -2.17. The van der Waals surface area contributed by atoms with Gasteiger partial charge in [0.15, 0.2) is 11.5 Å². The standard InChI is InChI=1S/C20H25ClFNO3/c1-3-16(12-24)23-11-14-9-17(21)20(19(10-14)25-4-2)26-13-15-7-5-6-8-18(15)22/h5-10,16,23-24H,3-4,11-13H2,1-2H3. The van der Waals surface area contributed by atoms with Crippen LogP contribution in [0.4, 0.5) is 4.39 Å². The quantitative estimate of drug-likeness (QED) is 0.643. The average Bonchev–Trinajstić information content (AvgIpc) is 2.63. The molecule has 0 spiro atoms. The average molecular weight is 382 g/mol. The van der Waals surface area contributed by atoms with Crippen molar-refractivity contribution in [3.05, 3.63) is 58.4 Å². The zero-order valence-corrected chi connectivity index (χ0v) is 15.9. The maximum Gasteiger partial charge on any atom is 0.180 e. The highest BCUT2D eigenvalue weighted by atomic mass is 35.5. The molecule has 6 heteroatoms. The van der Waals surface area contributed by atoms with Crippen LogP contribution in [0.5, 0.6) is 11.5 Å². The molecule has 2 aromatic rings. The van der Waals surface area contributed by atoms with Crippen LogP contribution in [0, 0.1) is 5.82 Å². The van der Waals surface area contributed by atoms with Crippen molar-refractivity contribution < 1.29 is 19.0 Å². The Labute approximate surface area is 158 Å². The number of aliphatic hydroxyl groups excluding tert-OH is 1. The SMILES string of the molecule is CCOc1cc(CNC(CC)CO)cc(Cl)c1OCc1ccccc1F. The molecule has 26 heavy (non-hydrogen) atoms. The molecule has 0 aromatic heterocycles. The first-order valence-corrected chi connectivity index (χ1v) is 9.12. The summed E-state index contributed by atoms with van der Waals surface area (Å²) in [6, 6.07) is 10.1. The van der Waals surface area contributed by atoms with Crippen molar-refractivity contribution in [2.24, 2.45) is 0 Å². The lowest BCUT2D eigenvalue weighted by Crippen LogP contribution is -2.31. The highest BCUT2D eigenvalue weighted by molar-refractivity contribution is 6.32. The summed E-state index contributed by atoms with van der Waals surface area (Å²) < 4.78 is 25.2. The summed E-state index contributed by atoms with van der Waals surface area (Å²) >= 11 is 6.38. The highest BCUT2D eigenvalue weighted by Gasteiger charge is 2.14. The Morgan fingerprint density at radius 2 is 1.96 bits per heavy atom. The Bertz CT molecular complexity index is 707. The normalized spacial score (nSPS) is 12.0. The van der Waals surface area contributed by atoms with E-state index < -0.39 is 0 Å². The number of hydrogen-bond acceptors (Lipinski definition) is 4. The minimum atomic E-state index is -0.322. The molecule has 1 unspecified atom stereocenters. The Hall–Kier alpha value is -1.82. The van der Waals surface area contributed by atoms with Crippen LogP contribution in [0.2, 0.25) is 5.02 Å². The number of halogens is 2. The Balaban J connectivity index is 2.16. The van der Waals surface area contributed by atoms with E-state index in [1.165, 1.54) is 6.07 Å². The first-order valence-electron chi connectivity index (χ1n) is 8.74. The molecule has 142 valence electrons. The van der Waals surface area contributed by atoms with Gasteiger partial charge in [-0.1, -0.05) is 36.7 Å². The molecule has 0 saturated heterocycles. The summed E-state index contributed by atoms with van der Waals surface area (Å²) in [5.41, 5.74) is 1.37. The molecule has 0 saturated carbocycles. The molecule has 0 fully saturated rings. The van der Waals surface area contributed by atoms with Gasteiger partial charge in [-0.25, -0.2) is 4.39 Å². The van der Waals surface area contributed by atoms with Crippen LogP contribution in [0.25, 0.3) is 0 Å². The second kappa shape index (κ2) is 10.4. The van der Waals surface area contributed by atoms with Crippen LogP contribution >= 0.6 is 11.6 Å². The molecule has 0 bridgehead atoms. The monoisotopic (exact) mass is 381 g/mol. The summed E-state index contributed by atoms with van der Waals surface area (Å²) in [6.07, 6.45) is 0.826. The van der Waals surface area contributed by atoms with Crippen molar-refractivity contribution >= 4 is 11.6 Å². The van der Waals surface area contributed by atoms with Gasteiger partial charge in [-0.05, 0) is 37.1 Å². The summed E-state index contributed by atoms with van der Waals surface area (Å²) in [6.45, 7) is 5.02. The van der Waals surface area contributed by atoms with Crippen LogP contribution in [-0.2, 0) is 13.2 Å². The van der Waals surface area contributed by atoms with Crippen LogP contribution in [0.15, 0.2) is 36.4 Å². The van der Waals surface area contributed by atoms with Gasteiger partial charge in [0.1, 0.15) is 12.4 Å². The summed E-state index contributed by atoms with van der Waals surface area (Å²) in [7, 11) is 0. The fraction of sp³-hybridized carbons (Fsp3) is 0.400. The van der Waals surface area contributed by atoms with E-state index in [2.05, 4.69) is 5.32 Å². The smallest absolute Gasteiger partial charge is 0.180 e. The van der Waals surface area contributed by atoms with Crippen LogP contribution < -0.4 is 14.8 Å². The van der Waals surface area contributed by atoms with E-state index in [9.17, 15) is 9.50 Å². The van der Waals surface area contributed by atoms with Crippen molar-refractivity contribution in [3.63, 3.8) is 0 Å². The maximum atomic E-state index is 13.8. The predicted octanol–water partition coefficient (Wildman–Crippen LogP) is 4.32. The lowest BCUT2D eigenvalue weighted by atomic mass is 10.1. The minimum Gasteiger partial charge on any atom is -0.490 e. The molecule has 1 atom stereocenters. The third kappa shape index (κ3) is 5.59. The number of ether oxygens (including phenoxy) is 2. The van der Waals surface area contributed by atoms with Gasteiger partial charge < -0.3 is 19.9 Å². The first kappa shape index (κ1) is 20.5. The summed E-state index contributed by atoms with van der Waals surface area (Å²) in [5.74, 6) is 0.594. The fourth-order valence-electron chi connectivity index (χ4n) is 2.49. The van der Waals surface area contributed by atoms with Crippen LogP contribution in [0.1, 0.15) is 31.4 Å². The van der Waals surface area contributed by atoms with Gasteiger partial charge in [0, 0.05) is 18.2 Å². The van der Waals surface area contributed by atoms with Gasteiger partial charge in [-0.3, -0.25) is 0 Å². The number of aliphatic hydroxyl groups is 1. The molecule has 0 aliphatic carbocycles. The number of benzene rings is 2. The molecule has 0 radical (unpaired) electrons. The van der Waals surface area contributed by atoms with Crippen molar-refractivity contribution in [2.75, 3.05) is 13.2 Å². The largest absolute Gasteiger partial charge is 0.490 e. The number of hydrogen-bond donors (Lipinski definition) is 2. The van der Waals surface area contributed by atoms with Gasteiger partial charge in [-0.2, -0.15) is 0 Å². The van der Waals surface area contributed by atoms with Crippen molar-refractivity contribution in [1.29, 1.82) is 0 Å². The second-order valence-electron chi connectivity index (χ2n) is 5.89. The van der Waals surface area contributed by atoms with Crippen LogP contribution in [0.3, 0.4) is 0 Å². The van der Waals surface area contributed by atoms with Gasteiger partial charge in [0.25, 0.3) is 0 Å². The number of nitrogens with one attached hydrogen (secondary N) is 1. The lowest BCUT2D eigenvalue weighted by molar-refractivity contribution is 0.238. The molecule has 2 N–H and O–H groups in total. The van der Waals surface area contributed by atoms with Gasteiger partial charge in [0.05, 0.1) is 18.2 Å². The van der Waals surface area contributed by atoms with E-state index in [1.807, 2.05) is 19.9 Å². The molecule has 2 aromatic carbocycles. The Kier molecular flexibility index (Phi) is 8.16. The fourth-order valence-corrected chi connectivity index (χ4v) is 2.78. The topological polar surface area (TPSA) is 50.7 Å². The molecule has 0 aliphatic heterocycles. The Morgan fingerprint density at radius 3 is 2.62 bits per heavy atom. The summed E-state index contributed by atoms with van der Waals surface area (Å²) in [4.78, 5) is 0. The van der Waals surface area contributed by atoms with Crippen molar-refractivity contribution in [3.8, 4) is 11.5 Å². The molecule has 0 aliphatic rings. The van der Waals surface area contributed by atoms with E-state index in [-0.39, 0.29) is 25.1 Å². The molecule has 2 rings (SSSR count). The second-order valence-corrected chi connectivity index (χ2v) is 6.29. The van der Waals surface area contributed by atoms with Crippen molar-refractivity contribution in [2.45, 2.75) is 39.5 Å². The predicted molar refractivity (Wildman–Crippen MR) is 101 cm³/mol. The van der Waals surface area contributed by atoms with E-state index >= 15 is 0 Å². The first-order chi connectivity index (χ1) is 12.6. The van der Waals surface area contributed by atoms with Gasteiger partial charge >= 0.3 is 0 Å². The summed E-state index contributed by atoms with van der Waals surface area (Å²) in [5, 5.41) is 12.9. The minimum absolute atomic E-state index is 0.0290. The van der Waals surface area contributed by atoms with E-state index in [1.54, 1.807) is 24.3 Å². The molecule has 4 nitrogen and oxygen atoms in total. The molecular formula is C20H25ClFNO3. The molecule has 0 amide bonds. The highest BCUT2D eigenvalue weighted by Crippen LogP contribution is 2.37. The van der Waals surface area contributed by atoms with E-state index in [0.717, 1.165) is 12.0 Å². The zero-order chi connectivity index (χ0) is 18.9. The molecule has 0 heterocycles. The van der Waals surface area contributed by atoms with Gasteiger partial charge in [-0.15, -0.1) is 0 Å². The Morgan fingerprint density at radius 1 is 1.19 bits per heavy atom. The van der Waals surface area contributed by atoms with E-state index in [0.29, 0.717) is 35.2 Å². The molecular weight excluding hydrogens is 357 g/mol. The van der Waals surface area contributed by atoms with Crippen molar-refractivity contribution in [1.82, 2.24) is 5.32 Å². The van der Waals surface area contributed by atoms with Crippen LogP contribution in [-0.4, -0.2) is 24.4 Å². The number of rotatable bonds is 10. The third-order valence-corrected chi connectivity index (χ3v) is 4.29. The van der Waals surface area contributed by atoms with Gasteiger partial charge in [0.2, 0.25) is 0 Å². The third-order valence-electron chi connectivity index (χ3n) is 4.01. The van der Waals surface area contributed by atoms with E-state index in [4.69, 9.17) is 21.1 Å². The maximum absolute atomic E-state index is 13.8.